The van der Waals surface area contributed by atoms with Gasteiger partial charge >= 0.3 is 5.88 Å². The van der Waals surface area contributed by atoms with E-state index in [1.165, 1.54) is 72.9 Å². The van der Waals surface area contributed by atoms with E-state index in [-0.39, 0.29) is 5.88 Å². The average molecular weight is 487 g/mol. The highest BCUT2D eigenvalue weighted by Gasteiger charge is 2.16. The van der Waals surface area contributed by atoms with Crippen LogP contribution in [0.4, 0.5) is 11.6 Å². The fraction of sp³-hybridized carbons (Fsp3) is 0.259. The molecule has 0 atom stereocenters. The maximum atomic E-state index is 11.0. The summed E-state index contributed by atoms with van der Waals surface area (Å²) in [6.07, 6.45) is 7.95. The van der Waals surface area contributed by atoms with Gasteiger partial charge in [0.25, 0.3) is 0 Å². The van der Waals surface area contributed by atoms with Crippen LogP contribution < -0.4 is 4.80 Å². The van der Waals surface area contributed by atoms with Crippen molar-refractivity contribution in [3.05, 3.63) is 97.8 Å². The fourth-order valence-electron chi connectivity index (χ4n) is 4.40. The maximum Gasteiger partial charge on any atom is 0.433 e. The van der Waals surface area contributed by atoms with Crippen molar-refractivity contribution < 1.29 is 9.34 Å². The summed E-state index contributed by atoms with van der Waals surface area (Å²) in [5.41, 5.74) is 5.32. The van der Waals surface area contributed by atoms with Gasteiger partial charge in [0.1, 0.15) is 4.92 Å². The Bertz CT molecular complexity index is 1410. The van der Waals surface area contributed by atoms with Crippen LogP contribution in [0.3, 0.4) is 0 Å². The van der Waals surface area contributed by atoms with E-state index in [4.69, 9.17) is 9.41 Å². The topological polar surface area (TPSA) is 85.9 Å². The molecular weight excluding hydrogens is 460 g/mol. The van der Waals surface area contributed by atoms with E-state index in [0.29, 0.717) is 16.5 Å². The lowest BCUT2D eigenvalue weighted by Crippen LogP contribution is -2.11. The largest absolute Gasteiger partial charge is 0.433 e. The molecule has 35 heavy (non-hydrogen) atoms. The molecule has 2 aromatic heterocycles. The third-order valence-electron chi connectivity index (χ3n) is 6.32. The SMILES string of the molecule is Cc1ccc(N=c2scc(-c3ccc(C4CCCCC4)cc3)n2N=Cc2ccc([N+](=O)[O-])o2)cc1. The number of furan rings is 1. The summed E-state index contributed by atoms with van der Waals surface area (Å²) in [5, 5.41) is 17.6. The molecule has 0 unspecified atom stereocenters. The highest BCUT2D eigenvalue weighted by atomic mass is 32.1. The first kappa shape index (κ1) is 23.0. The minimum absolute atomic E-state index is 0.301. The Hall–Kier alpha value is -3.78. The molecule has 1 aliphatic carbocycles. The van der Waals surface area contributed by atoms with E-state index >= 15 is 0 Å². The number of hydrogen-bond acceptors (Lipinski definition) is 6. The molecule has 0 saturated heterocycles. The first-order chi connectivity index (χ1) is 17.1. The second-order valence-corrected chi connectivity index (χ2v) is 9.63. The van der Waals surface area contributed by atoms with Crippen LogP contribution in [-0.4, -0.2) is 15.8 Å². The molecule has 1 fully saturated rings. The zero-order chi connectivity index (χ0) is 24.2. The first-order valence-corrected chi connectivity index (χ1v) is 12.7. The maximum absolute atomic E-state index is 11.0. The monoisotopic (exact) mass is 486 g/mol. The van der Waals surface area contributed by atoms with Gasteiger partial charge in [-0.05, 0) is 49.4 Å². The fourth-order valence-corrected chi connectivity index (χ4v) is 5.26. The Morgan fingerprint density at radius 3 is 2.46 bits per heavy atom. The third-order valence-corrected chi connectivity index (χ3v) is 7.14. The minimum Gasteiger partial charge on any atom is -0.400 e. The molecule has 8 heteroatoms. The molecule has 0 radical (unpaired) electrons. The van der Waals surface area contributed by atoms with Crippen molar-refractivity contribution in [1.82, 2.24) is 4.68 Å². The second kappa shape index (κ2) is 10.2. The quantitative estimate of drug-likeness (QED) is 0.164. The van der Waals surface area contributed by atoms with E-state index in [2.05, 4.69) is 29.4 Å². The summed E-state index contributed by atoms with van der Waals surface area (Å²) in [5.74, 6) is 0.632. The van der Waals surface area contributed by atoms with Crippen LogP contribution in [0.1, 0.15) is 54.9 Å². The van der Waals surface area contributed by atoms with Crippen LogP contribution in [0.15, 0.2) is 80.6 Å². The van der Waals surface area contributed by atoms with Crippen LogP contribution in [0.2, 0.25) is 0 Å². The molecule has 0 spiro atoms. The van der Waals surface area contributed by atoms with Gasteiger partial charge in [0.2, 0.25) is 4.80 Å². The predicted molar refractivity (Wildman–Crippen MR) is 138 cm³/mol. The van der Waals surface area contributed by atoms with Gasteiger partial charge in [-0.1, -0.05) is 61.2 Å². The second-order valence-electron chi connectivity index (χ2n) is 8.80. The van der Waals surface area contributed by atoms with Crippen LogP contribution >= 0.6 is 11.3 Å². The van der Waals surface area contributed by atoms with Crippen LogP contribution in [-0.2, 0) is 0 Å². The molecule has 0 N–H and O–H groups in total. The summed E-state index contributed by atoms with van der Waals surface area (Å²) < 4.78 is 7.01. The number of rotatable bonds is 6. The Balaban J connectivity index is 1.52. The zero-order valence-corrected chi connectivity index (χ0v) is 20.3. The van der Waals surface area contributed by atoms with Crippen molar-refractivity contribution in [2.24, 2.45) is 10.1 Å². The van der Waals surface area contributed by atoms with Crippen LogP contribution in [0, 0.1) is 17.0 Å². The highest BCUT2D eigenvalue weighted by molar-refractivity contribution is 7.07. The molecule has 0 aliphatic heterocycles. The van der Waals surface area contributed by atoms with Gasteiger partial charge in [0, 0.05) is 10.9 Å². The number of aryl methyl sites for hydroxylation is 1. The van der Waals surface area contributed by atoms with Crippen molar-refractivity contribution in [1.29, 1.82) is 0 Å². The summed E-state index contributed by atoms with van der Waals surface area (Å²) in [6.45, 7) is 2.04. The molecule has 4 aromatic rings. The van der Waals surface area contributed by atoms with Crippen molar-refractivity contribution in [2.75, 3.05) is 0 Å². The molecular formula is C27H26N4O3S. The van der Waals surface area contributed by atoms with Crippen LogP contribution in [0.25, 0.3) is 11.3 Å². The summed E-state index contributed by atoms with van der Waals surface area (Å²) in [7, 11) is 0. The summed E-state index contributed by atoms with van der Waals surface area (Å²) >= 11 is 1.49. The van der Waals surface area contributed by atoms with Gasteiger partial charge in [-0.25, -0.2) is 9.67 Å². The molecule has 0 amide bonds. The lowest BCUT2D eigenvalue weighted by Gasteiger charge is -2.22. The summed E-state index contributed by atoms with van der Waals surface area (Å²) in [6, 6.07) is 19.6. The number of hydrogen-bond donors (Lipinski definition) is 0. The predicted octanol–water partition coefficient (Wildman–Crippen LogP) is 7.19. The van der Waals surface area contributed by atoms with Gasteiger partial charge in [-0.3, -0.25) is 10.1 Å². The molecule has 5 rings (SSSR count). The van der Waals surface area contributed by atoms with E-state index in [0.717, 1.165) is 16.9 Å². The smallest absolute Gasteiger partial charge is 0.400 e. The Labute approximate surface area is 207 Å². The van der Waals surface area contributed by atoms with E-state index in [1.54, 1.807) is 4.68 Å². The van der Waals surface area contributed by atoms with Gasteiger partial charge in [-0.2, -0.15) is 5.10 Å². The number of thiazole rings is 1. The van der Waals surface area contributed by atoms with Crippen molar-refractivity contribution >= 4 is 29.1 Å². The molecule has 1 aliphatic rings. The lowest BCUT2D eigenvalue weighted by molar-refractivity contribution is -0.402. The van der Waals surface area contributed by atoms with E-state index in [9.17, 15) is 10.1 Å². The highest BCUT2D eigenvalue weighted by Crippen LogP contribution is 2.33. The Morgan fingerprint density at radius 2 is 1.77 bits per heavy atom. The molecule has 0 bridgehead atoms. The van der Waals surface area contributed by atoms with Gasteiger partial charge in [0.05, 0.1) is 23.7 Å². The molecule has 7 nitrogen and oxygen atoms in total. The Morgan fingerprint density at radius 1 is 1.03 bits per heavy atom. The van der Waals surface area contributed by atoms with Crippen molar-refractivity contribution in [3.8, 4) is 11.3 Å². The Kier molecular flexibility index (Phi) is 6.72. The molecule has 178 valence electrons. The zero-order valence-electron chi connectivity index (χ0n) is 19.5. The van der Waals surface area contributed by atoms with Crippen molar-refractivity contribution in [2.45, 2.75) is 44.9 Å². The standard InChI is InChI=1S/C27H26N4O3S/c1-19-7-13-23(14-8-19)29-27-30(28-17-24-15-16-26(34-24)31(32)33)25(18-35-27)22-11-9-21(10-12-22)20-5-3-2-4-6-20/h7-18,20H,2-6H2,1H3. The number of benzene rings is 2. The molecule has 1 saturated carbocycles. The third kappa shape index (κ3) is 5.33. The summed E-state index contributed by atoms with van der Waals surface area (Å²) in [4.78, 5) is 15.9. The normalized spacial score (nSPS) is 15.2. The number of nitro groups is 1. The lowest BCUT2D eigenvalue weighted by atomic mass is 9.84. The van der Waals surface area contributed by atoms with E-state index < -0.39 is 4.92 Å². The number of aromatic nitrogens is 1. The van der Waals surface area contributed by atoms with Gasteiger partial charge < -0.3 is 4.42 Å². The van der Waals surface area contributed by atoms with E-state index in [1.807, 2.05) is 36.6 Å². The minimum atomic E-state index is -0.563. The van der Waals surface area contributed by atoms with Crippen LogP contribution in [0.5, 0.6) is 0 Å². The molecule has 2 heterocycles. The molecule has 2 aromatic carbocycles. The first-order valence-electron chi connectivity index (χ1n) is 11.8. The number of nitrogens with zero attached hydrogens (tertiary/aromatic N) is 4. The van der Waals surface area contributed by atoms with Gasteiger partial charge in [0.15, 0.2) is 5.76 Å². The van der Waals surface area contributed by atoms with Crippen molar-refractivity contribution in [3.63, 3.8) is 0 Å². The average Bonchev–Trinajstić information content (AvgIpc) is 3.52. The van der Waals surface area contributed by atoms with Gasteiger partial charge in [-0.15, -0.1) is 11.3 Å².